The van der Waals surface area contributed by atoms with Gasteiger partial charge in [-0.25, -0.2) is 13.9 Å². The number of fused-ring (bicyclic) bond motifs is 3. The van der Waals surface area contributed by atoms with Crippen LogP contribution >= 0.6 is 0 Å². The van der Waals surface area contributed by atoms with E-state index >= 15 is 0 Å². The molecule has 2 atom stereocenters. The predicted octanol–water partition coefficient (Wildman–Crippen LogP) is 2.06. The standard InChI is InChI=1S/C21H24FN7O/c1-26-8-15(7-24-26)14-6-19-20(23-12-25-28(19)9-14)27-10-17-2-3-18(11-27)29(17)21(30)13-4-16(22)5-13/h6-9,12-13,16-18H,2-5,10-11H2,1H3. The fourth-order valence-corrected chi connectivity index (χ4v) is 5.29. The molecule has 1 saturated carbocycles. The topological polar surface area (TPSA) is 71.6 Å². The fraction of sp³-hybridized carbons (Fsp3) is 0.524. The maximum atomic E-state index is 13.3. The monoisotopic (exact) mass is 409 g/mol. The van der Waals surface area contributed by atoms with Gasteiger partial charge < -0.3 is 9.80 Å². The quantitative estimate of drug-likeness (QED) is 0.662. The zero-order chi connectivity index (χ0) is 20.4. The summed E-state index contributed by atoms with van der Waals surface area (Å²) >= 11 is 0. The molecule has 3 aromatic rings. The number of hydrogen-bond acceptors (Lipinski definition) is 5. The van der Waals surface area contributed by atoms with Gasteiger partial charge in [-0.2, -0.15) is 10.2 Å². The largest absolute Gasteiger partial charge is 0.351 e. The molecule has 0 aromatic carbocycles. The summed E-state index contributed by atoms with van der Waals surface area (Å²) in [4.78, 5) is 21.9. The van der Waals surface area contributed by atoms with Crippen LogP contribution < -0.4 is 4.90 Å². The van der Waals surface area contributed by atoms with Gasteiger partial charge >= 0.3 is 0 Å². The number of aryl methyl sites for hydroxylation is 1. The van der Waals surface area contributed by atoms with E-state index in [1.807, 2.05) is 30.2 Å². The van der Waals surface area contributed by atoms with Gasteiger partial charge in [0, 0.05) is 61.7 Å². The first-order valence-electron chi connectivity index (χ1n) is 10.6. The maximum Gasteiger partial charge on any atom is 0.226 e. The van der Waals surface area contributed by atoms with Crippen molar-refractivity contribution in [2.45, 2.75) is 43.9 Å². The van der Waals surface area contributed by atoms with Crippen LogP contribution in [-0.4, -0.2) is 66.5 Å². The second kappa shape index (κ2) is 6.52. The van der Waals surface area contributed by atoms with Crippen LogP contribution in [0, 0.1) is 5.92 Å². The molecule has 156 valence electrons. The molecule has 3 fully saturated rings. The van der Waals surface area contributed by atoms with Crippen LogP contribution in [0.5, 0.6) is 0 Å². The van der Waals surface area contributed by atoms with Crippen LogP contribution in [0.3, 0.4) is 0 Å². The van der Waals surface area contributed by atoms with Gasteiger partial charge in [0.1, 0.15) is 18.0 Å². The summed E-state index contributed by atoms with van der Waals surface area (Å²) < 4.78 is 16.9. The van der Waals surface area contributed by atoms with Crippen molar-refractivity contribution in [1.29, 1.82) is 0 Å². The number of amides is 1. The molecule has 1 amide bonds. The van der Waals surface area contributed by atoms with Crippen molar-refractivity contribution >= 4 is 17.2 Å². The Morgan fingerprint density at radius 1 is 1.10 bits per heavy atom. The molecule has 0 radical (unpaired) electrons. The van der Waals surface area contributed by atoms with Crippen LogP contribution in [0.15, 0.2) is 31.0 Å². The third-order valence-electron chi connectivity index (χ3n) is 6.89. The van der Waals surface area contributed by atoms with Gasteiger partial charge in [-0.15, -0.1) is 0 Å². The SMILES string of the molecule is Cn1cc(-c2cc3c(N4CC5CCC(C4)N5C(=O)C4CC(F)C4)ncnn3c2)cn1. The smallest absolute Gasteiger partial charge is 0.226 e. The second-order valence-electron chi connectivity index (χ2n) is 8.85. The van der Waals surface area contributed by atoms with Gasteiger partial charge in [-0.1, -0.05) is 0 Å². The predicted molar refractivity (Wildman–Crippen MR) is 109 cm³/mol. The third kappa shape index (κ3) is 2.71. The molecule has 2 bridgehead atoms. The number of nitrogens with zero attached hydrogens (tertiary/aromatic N) is 7. The zero-order valence-electron chi connectivity index (χ0n) is 16.9. The van der Waals surface area contributed by atoms with Gasteiger partial charge in [0.05, 0.1) is 6.20 Å². The van der Waals surface area contributed by atoms with Crippen molar-refractivity contribution in [1.82, 2.24) is 29.3 Å². The molecule has 3 aromatic heterocycles. The van der Waals surface area contributed by atoms with E-state index in [2.05, 4.69) is 31.0 Å². The summed E-state index contributed by atoms with van der Waals surface area (Å²) in [5, 5.41) is 8.65. The Kier molecular flexibility index (Phi) is 3.88. The van der Waals surface area contributed by atoms with E-state index in [4.69, 9.17) is 0 Å². The van der Waals surface area contributed by atoms with Crippen LogP contribution in [-0.2, 0) is 11.8 Å². The van der Waals surface area contributed by atoms with E-state index in [1.165, 1.54) is 0 Å². The van der Waals surface area contributed by atoms with E-state index < -0.39 is 6.17 Å². The molecule has 2 saturated heterocycles. The van der Waals surface area contributed by atoms with Crippen molar-refractivity contribution < 1.29 is 9.18 Å². The summed E-state index contributed by atoms with van der Waals surface area (Å²) in [5.74, 6) is 0.940. The Balaban J connectivity index is 1.28. The average Bonchev–Trinajstić information content (AvgIpc) is 3.40. The lowest BCUT2D eigenvalue weighted by atomic mass is 9.82. The first-order valence-corrected chi connectivity index (χ1v) is 10.6. The molecule has 0 N–H and O–H groups in total. The first-order chi connectivity index (χ1) is 14.6. The lowest BCUT2D eigenvalue weighted by molar-refractivity contribution is -0.144. The fourth-order valence-electron chi connectivity index (χ4n) is 5.29. The van der Waals surface area contributed by atoms with E-state index in [-0.39, 0.29) is 23.9 Å². The number of carbonyl (C=O) groups is 1. The molecule has 0 spiro atoms. The molecular formula is C21H24FN7O. The summed E-state index contributed by atoms with van der Waals surface area (Å²) in [6.07, 6.45) is 9.41. The highest BCUT2D eigenvalue weighted by Crippen LogP contribution is 2.39. The Morgan fingerprint density at radius 2 is 1.87 bits per heavy atom. The van der Waals surface area contributed by atoms with Crippen LogP contribution in [0.4, 0.5) is 10.2 Å². The molecule has 30 heavy (non-hydrogen) atoms. The minimum absolute atomic E-state index is 0.118. The van der Waals surface area contributed by atoms with E-state index in [9.17, 15) is 9.18 Å². The Labute approximate surface area is 173 Å². The highest BCUT2D eigenvalue weighted by Gasteiger charge is 2.47. The van der Waals surface area contributed by atoms with Gasteiger partial charge in [0.2, 0.25) is 5.91 Å². The van der Waals surface area contributed by atoms with Crippen molar-refractivity contribution in [2.75, 3.05) is 18.0 Å². The van der Waals surface area contributed by atoms with Gasteiger partial charge in [0.15, 0.2) is 5.82 Å². The minimum Gasteiger partial charge on any atom is -0.351 e. The Bertz CT molecular complexity index is 1100. The molecule has 5 heterocycles. The molecule has 6 rings (SSSR count). The number of alkyl halides is 1. The van der Waals surface area contributed by atoms with E-state index in [0.29, 0.717) is 12.8 Å². The van der Waals surface area contributed by atoms with Gasteiger partial charge in [0.25, 0.3) is 0 Å². The molecule has 8 nitrogen and oxygen atoms in total. The Hall–Kier alpha value is -2.97. The number of carbonyl (C=O) groups excluding carboxylic acids is 1. The second-order valence-corrected chi connectivity index (χ2v) is 8.85. The minimum atomic E-state index is -0.796. The molecule has 1 aliphatic carbocycles. The van der Waals surface area contributed by atoms with Crippen molar-refractivity contribution in [3.8, 4) is 11.1 Å². The van der Waals surface area contributed by atoms with Crippen LogP contribution in [0.25, 0.3) is 16.6 Å². The zero-order valence-corrected chi connectivity index (χ0v) is 16.9. The molecule has 3 aliphatic rings. The van der Waals surface area contributed by atoms with Crippen LogP contribution in [0.1, 0.15) is 25.7 Å². The lowest BCUT2D eigenvalue weighted by Gasteiger charge is -2.44. The number of anilines is 1. The summed E-state index contributed by atoms with van der Waals surface area (Å²) in [5.41, 5.74) is 3.04. The van der Waals surface area contributed by atoms with Crippen LogP contribution in [0.2, 0.25) is 0 Å². The van der Waals surface area contributed by atoms with Gasteiger partial charge in [-0.3, -0.25) is 9.48 Å². The van der Waals surface area contributed by atoms with Gasteiger partial charge in [-0.05, 0) is 31.7 Å². The van der Waals surface area contributed by atoms with Crippen molar-refractivity contribution in [3.05, 3.63) is 31.0 Å². The average molecular weight is 409 g/mol. The number of piperazine rings is 1. The van der Waals surface area contributed by atoms with E-state index in [0.717, 1.165) is 48.4 Å². The van der Waals surface area contributed by atoms with E-state index in [1.54, 1.807) is 11.0 Å². The lowest BCUT2D eigenvalue weighted by Crippen LogP contribution is -2.58. The van der Waals surface area contributed by atoms with Crippen molar-refractivity contribution in [3.63, 3.8) is 0 Å². The number of hydrogen-bond donors (Lipinski definition) is 0. The third-order valence-corrected chi connectivity index (χ3v) is 6.89. The Morgan fingerprint density at radius 3 is 2.53 bits per heavy atom. The molecular weight excluding hydrogens is 385 g/mol. The van der Waals surface area contributed by atoms with Crippen molar-refractivity contribution in [2.24, 2.45) is 13.0 Å². The first kappa shape index (κ1) is 17.9. The molecule has 2 unspecified atom stereocenters. The molecule has 2 aliphatic heterocycles. The normalized spacial score (nSPS) is 28.2. The highest BCUT2D eigenvalue weighted by molar-refractivity contribution is 5.82. The summed E-state index contributed by atoms with van der Waals surface area (Å²) in [6, 6.07) is 2.46. The number of halogens is 1. The maximum absolute atomic E-state index is 13.3. The highest BCUT2D eigenvalue weighted by atomic mass is 19.1. The summed E-state index contributed by atoms with van der Waals surface area (Å²) in [7, 11) is 1.90. The number of rotatable bonds is 3. The summed E-state index contributed by atoms with van der Waals surface area (Å²) in [6.45, 7) is 1.52. The molecule has 9 heteroatoms. The number of aromatic nitrogens is 5.